The Bertz CT molecular complexity index is 106. The SMILES string of the molecule is CO[C@@H]1C[C@H](O)[C@H](O)CO1. The van der Waals surface area contributed by atoms with Gasteiger partial charge < -0.3 is 19.7 Å². The van der Waals surface area contributed by atoms with Crippen molar-refractivity contribution in [2.45, 2.75) is 24.9 Å². The molecular formula is C6H12O4. The summed E-state index contributed by atoms with van der Waals surface area (Å²) in [5.74, 6) is 0. The Kier molecular flexibility index (Phi) is 2.62. The molecule has 1 aliphatic rings. The molecule has 10 heavy (non-hydrogen) atoms. The lowest BCUT2D eigenvalue weighted by molar-refractivity contribution is -0.206. The molecule has 0 bridgehead atoms. The van der Waals surface area contributed by atoms with Gasteiger partial charge >= 0.3 is 0 Å². The van der Waals surface area contributed by atoms with E-state index in [4.69, 9.17) is 19.7 Å². The highest BCUT2D eigenvalue weighted by atomic mass is 16.7. The van der Waals surface area contributed by atoms with Gasteiger partial charge in [0.2, 0.25) is 0 Å². The Balaban J connectivity index is 2.33. The smallest absolute Gasteiger partial charge is 0.159 e. The lowest BCUT2D eigenvalue weighted by atomic mass is 10.1. The molecule has 0 aromatic carbocycles. The summed E-state index contributed by atoms with van der Waals surface area (Å²) in [5.41, 5.74) is 0. The molecule has 3 atom stereocenters. The highest BCUT2D eigenvalue weighted by molar-refractivity contribution is 4.72. The number of hydrogen-bond acceptors (Lipinski definition) is 4. The van der Waals surface area contributed by atoms with Crippen LogP contribution in [-0.2, 0) is 9.47 Å². The van der Waals surface area contributed by atoms with Crippen LogP contribution in [0.5, 0.6) is 0 Å². The summed E-state index contributed by atoms with van der Waals surface area (Å²) in [6.45, 7) is 0.152. The highest BCUT2D eigenvalue weighted by Crippen LogP contribution is 2.14. The number of methoxy groups -OCH3 is 1. The molecule has 0 unspecified atom stereocenters. The molecule has 2 N–H and O–H groups in total. The quantitative estimate of drug-likeness (QED) is 0.506. The van der Waals surface area contributed by atoms with Crippen LogP contribution in [0.15, 0.2) is 0 Å². The van der Waals surface area contributed by atoms with E-state index in [1.54, 1.807) is 0 Å². The van der Waals surface area contributed by atoms with Gasteiger partial charge in [-0.25, -0.2) is 0 Å². The second-order valence-corrected chi connectivity index (χ2v) is 2.37. The number of hydrogen-bond donors (Lipinski definition) is 2. The molecule has 0 amide bonds. The van der Waals surface area contributed by atoms with Crippen LogP contribution in [0.2, 0.25) is 0 Å². The Hall–Kier alpha value is -0.160. The van der Waals surface area contributed by atoms with Gasteiger partial charge in [0.1, 0.15) is 6.10 Å². The predicted molar refractivity (Wildman–Crippen MR) is 33.4 cm³/mol. The van der Waals surface area contributed by atoms with Crippen molar-refractivity contribution in [3.8, 4) is 0 Å². The Morgan fingerprint density at radius 2 is 2.10 bits per heavy atom. The standard InChI is InChI=1S/C6H12O4/c1-9-6-2-4(7)5(8)3-10-6/h4-8H,2-3H2,1H3/t4-,5+,6-/m0/s1. The van der Waals surface area contributed by atoms with E-state index in [2.05, 4.69) is 0 Å². The molecule has 60 valence electrons. The summed E-state index contributed by atoms with van der Waals surface area (Å²) in [6, 6.07) is 0. The van der Waals surface area contributed by atoms with Gasteiger partial charge in [0.15, 0.2) is 6.29 Å². The summed E-state index contributed by atoms with van der Waals surface area (Å²) >= 11 is 0. The zero-order valence-corrected chi connectivity index (χ0v) is 5.86. The molecule has 1 fully saturated rings. The van der Waals surface area contributed by atoms with Crippen LogP contribution in [0.25, 0.3) is 0 Å². The first-order valence-corrected chi connectivity index (χ1v) is 3.24. The first-order chi connectivity index (χ1) is 4.74. The summed E-state index contributed by atoms with van der Waals surface area (Å²) in [7, 11) is 1.51. The van der Waals surface area contributed by atoms with Gasteiger partial charge in [0, 0.05) is 13.5 Å². The minimum absolute atomic E-state index is 0.152. The maximum absolute atomic E-state index is 9.07. The molecule has 0 aromatic rings. The summed E-state index contributed by atoms with van der Waals surface area (Å²) in [6.07, 6.45) is -1.49. The van der Waals surface area contributed by atoms with E-state index < -0.39 is 12.2 Å². The van der Waals surface area contributed by atoms with Gasteiger partial charge in [-0.15, -0.1) is 0 Å². The topological polar surface area (TPSA) is 58.9 Å². The Morgan fingerprint density at radius 3 is 2.60 bits per heavy atom. The number of ether oxygens (including phenoxy) is 2. The number of aliphatic hydroxyl groups excluding tert-OH is 2. The van der Waals surface area contributed by atoms with Crippen molar-refractivity contribution in [3.05, 3.63) is 0 Å². The monoisotopic (exact) mass is 148 g/mol. The number of aliphatic hydroxyl groups is 2. The second kappa shape index (κ2) is 3.30. The molecule has 0 aliphatic carbocycles. The Labute approximate surface area is 59.4 Å². The van der Waals surface area contributed by atoms with Crippen molar-refractivity contribution in [1.82, 2.24) is 0 Å². The molecule has 1 saturated heterocycles. The maximum atomic E-state index is 9.07. The van der Waals surface area contributed by atoms with E-state index in [9.17, 15) is 0 Å². The average molecular weight is 148 g/mol. The molecule has 1 aliphatic heterocycles. The van der Waals surface area contributed by atoms with E-state index in [0.29, 0.717) is 6.42 Å². The first kappa shape index (κ1) is 7.94. The fourth-order valence-electron chi connectivity index (χ4n) is 0.904. The van der Waals surface area contributed by atoms with Crippen molar-refractivity contribution in [1.29, 1.82) is 0 Å². The fourth-order valence-corrected chi connectivity index (χ4v) is 0.904. The van der Waals surface area contributed by atoms with Gasteiger partial charge in [-0.3, -0.25) is 0 Å². The summed E-state index contributed by atoms with van der Waals surface area (Å²) < 4.78 is 9.79. The third-order valence-corrected chi connectivity index (χ3v) is 1.59. The van der Waals surface area contributed by atoms with E-state index in [0.717, 1.165) is 0 Å². The molecule has 4 heteroatoms. The molecule has 0 spiro atoms. The van der Waals surface area contributed by atoms with Gasteiger partial charge in [-0.1, -0.05) is 0 Å². The molecular weight excluding hydrogens is 136 g/mol. The maximum Gasteiger partial charge on any atom is 0.159 e. The predicted octanol–water partition coefficient (Wildman–Crippen LogP) is -0.899. The first-order valence-electron chi connectivity index (χ1n) is 3.24. The molecule has 0 saturated carbocycles. The second-order valence-electron chi connectivity index (χ2n) is 2.37. The van der Waals surface area contributed by atoms with E-state index in [-0.39, 0.29) is 12.9 Å². The Morgan fingerprint density at radius 1 is 1.40 bits per heavy atom. The lowest BCUT2D eigenvalue weighted by Gasteiger charge is -2.29. The van der Waals surface area contributed by atoms with E-state index in [1.807, 2.05) is 0 Å². The van der Waals surface area contributed by atoms with Gasteiger partial charge in [-0.2, -0.15) is 0 Å². The molecule has 0 radical (unpaired) electrons. The van der Waals surface area contributed by atoms with Crippen molar-refractivity contribution in [2.24, 2.45) is 0 Å². The average Bonchev–Trinajstić information content (AvgIpc) is 1.95. The van der Waals surface area contributed by atoms with E-state index in [1.165, 1.54) is 7.11 Å². The zero-order valence-electron chi connectivity index (χ0n) is 5.86. The minimum Gasteiger partial charge on any atom is -0.390 e. The number of rotatable bonds is 1. The third-order valence-electron chi connectivity index (χ3n) is 1.59. The van der Waals surface area contributed by atoms with Crippen LogP contribution in [0, 0.1) is 0 Å². The van der Waals surface area contributed by atoms with Crippen LogP contribution < -0.4 is 0 Å². The zero-order chi connectivity index (χ0) is 7.56. The third kappa shape index (κ3) is 1.67. The van der Waals surface area contributed by atoms with Gasteiger partial charge in [-0.05, 0) is 0 Å². The van der Waals surface area contributed by atoms with Crippen LogP contribution >= 0.6 is 0 Å². The highest BCUT2D eigenvalue weighted by Gasteiger charge is 2.27. The van der Waals surface area contributed by atoms with Crippen LogP contribution in [0.1, 0.15) is 6.42 Å². The molecule has 0 aromatic heterocycles. The van der Waals surface area contributed by atoms with Crippen LogP contribution in [0.4, 0.5) is 0 Å². The normalized spacial score (nSPS) is 41.7. The minimum atomic E-state index is -0.758. The lowest BCUT2D eigenvalue weighted by Crippen LogP contribution is -2.41. The van der Waals surface area contributed by atoms with Gasteiger partial charge in [0.05, 0.1) is 12.7 Å². The van der Waals surface area contributed by atoms with E-state index >= 15 is 0 Å². The van der Waals surface area contributed by atoms with Crippen molar-refractivity contribution >= 4 is 0 Å². The van der Waals surface area contributed by atoms with Gasteiger partial charge in [0.25, 0.3) is 0 Å². The van der Waals surface area contributed by atoms with Crippen molar-refractivity contribution in [3.63, 3.8) is 0 Å². The molecule has 1 rings (SSSR count). The summed E-state index contributed by atoms with van der Waals surface area (Å²) in [4.78, 5) is 0. The van der Waals surface area contributed by atoms with Crippen LogP contribution in [0.3, 0.4) is 0 Å². The largest absolute Gasteiger partial charge is 0.390 e. The van der Waals surface area contributed by atoms with Crippen molar-refractivity contribution in [2.75, 3.05) is 13.7 Å². The fraction of sp³-hybridized carbons (Fsp3) is 1.00. The van der Waals surface area contributed by atoms with Crippen LogP contribution in [-0.4, -0.2) is 42.4 Å². The summed E-state index contributed by atoms with van der Waals surface area (Å²) in [5, 5.41) is 18.0. The molecule has 1 heterocycles. The van der Waals surface area contributed by atoms with Crippen molar-refractivity contribution < 1.29 is 19.7 Å². The molecule has 4 nitrogen and oxygen atoms in total.